The summed E-state index contributed by atoms with van der Waals surface area (Å²) < 4.78 is 0. The fourth-order valence-corrected chi connectivity index (χ4v) is 1.96. The zero-order chi connectivity index (χ0) is 13.8. The summed E-state index contributed by atoms with van der Waals surface area (Å²) in [5, 5.41) is 10.9. The normalized spacial score (nSPS) is 11.2. The van der Waals surface area contributed by atoms with Crippen molar-refractivity contribution < 1.29 is 4.92 Å². The Morgan fingerprint density at radius 3 is 2.47 bits per heavy atom. The van der Waals surface area contributed by atoms with E-state index in [1.54, 1.807) is 12.1 Å². The van der Waals surface area contributed by atoms with Crippen molar-refractivity contribution in [3.05, 3.63) is 39.9 Å². The molecular formula is C13H22ClN3O2. The van der Waals surface area contributed by atoms with Gasteiger partial charge < -0.3 is 10.6 Å². The molecule has 0 unspecified atom stereocenters. The minimum absolute atomic E-state index is 0. The maximum absolute atomic E-state index is 10.9. The number of para-hydroxylation sites is 1. The Hall–Kier alpha value is -1.17. The van der Waals surface area contributed by atoms with Crippen molar-refractivity contribution in [2.75, 3.05) is 20.1 Å². The molecular weight excluding hydrogens is 266 g/mol. The van der Waals surface area contributed by atoms with E-state index in [9.17, 15) is 10.1 Å². The number of nitrogens with two attached hydrogens (primary N) is 1. The molecule has 0 aliphatic rings. The average Bonchev–Trinajstić information content (AvgIpc) is 2.28. The Morgan fingerprint density at radius 1 is 1.37 bits per heavy atom. The molecule has 0 spiro atoms. The highest BCUT2D eigenvalue weighted by Gasteiger charge is 2.20. The summed E-state index contributed by atoms with van der Waals surface area (Å²) in [5.41, 5.74) is 6.61. The molecule has 0 bridgehead atoms. The molecule has 0 saturated carbocycles. The van der Waals surface area contributed by atoms with Crippen LogP contribution in [0.15, 0.2) is 24.3 Å². The number of nitrogens with zero attached hydrogens (tertiary/aromatic N) is 2. The van der Waals surface area contributed by atoms with Crippen LogP contribution in [-0.4, -0.2) is 30.0 Å². The molecule has 0 aromatic heterocycles. The molecule has 0 saturated heterocycles. The van der Waals surface area contributed by atoms with Gasteiger partial charge in [-0.1, -0.05) is 32.0 Å². The van der Waals surface area contributed by atoms with E-state index in [4.69, 9.17) is 5.73 Å². The molecule has 0 heterocycles. The second-order valence-corrected chi connectivity index (χ2v) is 5.43. The van der Waals surface area contributed by atoms with Crippen LogP contribution in [-0.2, 0) is 6.54 Å². The molecule has 6 heteroatoms. The molecule has 2 N–H and O–H groups in total. The van der Waals surface area contributed by atoms with Crippen LogP contribution in [0.5, 0.6) is 0 Å². The topological polar surface area (TPSA) is 72.4 Å². The zero-order valence-electron chi connectivity index (χ0n) is 11.6. The summed E-state index contributed by atoms with van der Waals surface area (Å²) in [7, 11) is 1.95. The van der Waals surface area contributed by atoms with Gasteiger partial charge in [0, 0.05) is 24.7 Å². The monoisotopic (exact) mass is 287 g/mol. The van der Waals surface area contributed by atoms with E-state index in [0.29, 0.717) is 13.1 Å². The number of hydrogen-bond acceptors (Lipinski definition) is 4. The number of nitro groups is 1. The van der Waals surface area contributed by atoms with Crippen LogP contribution < -0.4 is 5.73 Å². The van der Waals surface area contributed by atoms with Crippen LogP contribution >= 0.6 is 12.4 Å². The van der Waals surface area contributed by atoms with Gasteiger partial charge in [0.05, 0.1) is 4.92 Å². The SMILES string of the molecule is CN(Cc1ccccc1[N+](=O)[O-])CC(C)(C)CN.Cl. The standard InChI is InChI=1S/C13H21N3O2.ClH/c1-13(2,9-14)10-15(3)8-11-6-4-5-7-12(11)16(17)18;/h4-7H,8-10,14H2,1-3H3;1H. The minimum atomic E-state index is -0.336. The molecule has 0 atom stereocenters. The van der Waals surface area contributed by atoms with E-state index < -0.39 is 0 Å². The summed E-state index contributed by atoms with van der Waals surface area (Å²) in [4.78, 5) is 12.6. The molecule has 5 nitrogen and oxygen atoms in total. The Morgan fingerprint density at radius 2 is 1.95 bits per heavy atom. The third-order valence-corrected chi connectivity index (χ3v) is 2.88. The van der Waals surface area contributed by atoms with Gasteiger partial charge in [0.1, 0.15) is 0 Å². The van der Waals surface area contributed by atoms with E-state index in [1.807, 2.05) is 13.1 Å². The molecule has 0 aliphatic heterocycles. The van der Waals surface area contributed by atoms with Gasteiger partial charge >= 0.3 is 0 Å². The lowest BCUT2D eigenvalue weighted by atomic mass is 9.93. The van der Waals surface area contributed by atoms with Gasteiger partial charge in [0.2, 0.25) is 0 Å². The Labute approximate surface area is 120 Å². The highest BCUT2D eigenvalue weighted by Crippen LogP contribution is 2.21. The molecule has 0 radical (unpaired) electrons. The number of hydrogen-bond donors (Lipinski definition) is 1. The second-order valence-electron chi connectivity index (χ2n) is 5.43. The molecule has 1 aromatic rings. The predicted molar refractivity (Wildman–Crippen MR) is 79.5 cm³/mol. The van der Waals surface area contributed by atoms with Gasteiger partial charge in [-0.25, -0.2) is 0 Å². The number of rotatable bonds is 6. The van der Waals surface area contributed by atoms with Crippen molar-refractivity contribution >= 4 is 18.1 Å². The molecule has 0 aliphatic carbocycles. The lowest BCUT2D eigenvalue weighted by Crippen LogP contribution is -2.36. The molecule has 1 rings (SSSR count). The number of halogens is 1. The largest absolute Gasteiger partial charge is 0.330 e. The van der Waals surface area contributed by atoms with Gasteiger partial charge in [0.25, 0.3) is 5.69 Å². The van der Waals surface area contributed by atoms with Crippen LogP contribution in [0.1, 0.15) is 19.4 Å². The first-order chi connectivity index (χ1) is 8.35. The fourth-order valence-electron chi connectivity index (χ4n) is 1.96. The van der Waals surface area contributed by atoms with Crippen LogP contribution in [0, 0.1) is 15.5 Å². The van der Waals surface area contributed by atoms with E-state index in [1.165, 1.54) is 6.07 Å². The summed E-state index contributed by atoms with van der Waals surface area (Å²) in [6.07, 6.45) is 0. The van der Waals surface area contributed by atoms with Crippen LogP contribution in [0.3, 0.4) is 0 Å². The average molecular weight is 288 g/mol. The lowest BCUT2D eigenvalue weighted by Gasteiger charge is -2.28. The highest BCUT2D eigenvalue weighted by molar-refractivity contribution is 5.85. The molecule has 19 heavy (non-hydrogen) atoms. The summed E-state index contributed by atoms with van der Waals surface area (Å²) in [6.45, 7) is 6.12. The highest BCUT2D eigenvalue weighted by atomic mass is 35.5. The van der Waals surface area contributed by atoms with Crippen molar-refractivity contribution in [1.29, 1.82) is 0 Å². The zero-order valence-corrected chi connectivity index (χ0v) is 12.4. The van der Waals surface area contributed by atoms with Crippen LogP contribution in [0.2, 0.25) is 0 Å². The number of benzene rings is 1. The fraction of sp³-hybridized carbons (Fsp3) is 0.538. The van der Waals surface area contributed by atoms with E-state index in [2.05, 4.69) is 18.7 Å². The maximum Gasteiger partial charge on any atom is 0.273 e. The van der Waals surface area contributed by atoms with Crippen molar-refractivity contribution in [2.45, 2.75) is 20.4 Å². The summed E-state index contributed by atoms with van der Waals surface area (Å²) >= 11 is 0. The molecule has 0 amide bonds. The minimum Gasteiger partial charge on any atom is -0.330 e. The Bertz CT molecular complexity index is 424. The van der Waals surface area contributed by atoms with Gasteiger partial charge in [-0.05, 0) is 19.0 Å². The van der Waals surface area contributed by atoms with Crippen LogP contribution in [0.25, 0.3) is 0 Å². The van der Waals surface area contributed by atoms with Crippen molar-refractivity contribution in [1.82, 2.24) is 4.90 Å². The van der Waals surface area contributed by atoms with Gasteiger partial charge in [0.15, 0.2) is 0 Å². The van der Waals surface area contributed by atoms with Crippen LogP contribution in [0.4, 0.5) is 5.69 Å². The van der Waals surface area contributed by atoms with Gasteiger partial charge in [-0.2, -0.15) is 0 Å². The smallest absolute Gasteiger partial charge is 0.273 e. The van der Waals surface area contributed by atoms with E-state index in [0.717, 1.165) is 12.1 Å². The van der Waals surface area contributed by atoms with Gasteiger partial charge in [-0.15, -0.1) is 12.4 Å². The first-order valence-corrected chi connectivity index (χ1v) is 5.96. The van der Waals surface area contributed by atoms with E-state index >= 15 is 0 Å². The molecule has 108 valence electrons. The Balaban J connectivity index is 0.00000324. The first kappa shape index (κ1) is 17.8. The molecule has 1 aromatic carbocycles. The summed E-state index contributed by atoms with van der Waals surface area (Å²) in [5.74, 6) is 0. The van der Waals surface area contributed by atoms with Gasteiger partial charge in [-0.3, -0.25) is 10.1 Å². The summed E-state index contributed by atoms with van der Waals surface area (Å²) in [6, 6.07) is 6.84. The third-order valence-electron chi connectivity index (χ3n) is 2.88. The number of nitro benzene ring substituents is 1. The van der Waals surface area contributed by atoms with Crippen molar-refractivity contribution in [3.63, 3.8) is 0 Å². The van der Waals surface area contributed by atoms with Crippen molar-refractivity contribution in [3.8, 4) is 0 Å². The second kappa shape index (κ2) is 7.43. The quantitative estimate of drug-likeness (QED) is 0.644. The maximum atomic E-state index is 10.9. The lowest BCUT2D eigenvalue weighted by molar-refractivity contribution is -0.385. The first-order valence-electron chi connectivity index (χ1n) is 5.96. The molecule has 0 fully saturated rings. The van der Waals surface area contributed by atoms with Crippen molar-refractivity contribution in [2.24, 2.45) is 11.1 Å². The van der Waals surface area contributed by atoms with E-state index in [-0.39, 0.29) is 28.4 Å². The Kier molecular flexibility index (Phi) is 6.97. The third kappa shape index (κ3) is 5.55. The predicted octanol–water partition coefficient (Wildman–Crippen LogP) is 2.43.